The second-order valence-corrected chi connectivity index (χ2v) is 6.74. The van der Waals surface area contributed by atoms with E-state index in [-0.39, 0.29) is 11.5 Å². The molecule has 0 aliphatic heterocycles. The Labute approximate surface area is 132 Å². The van der Waals surface area contributed by atoms with Crippen molar-refractivity contribution in [2.24, 2.45) is 5.73 Å². The zero-order valence-corrected chi connectivity index (χ0v) is 13.0. The Balaban J connectivity index is 2.01. The van der Waals surface area contributed by atoms with Gasteiger partial charge in [-0.2, -0.15) is 0 Å². The smallest absolute Gasteiger partial charge is 0.0700 e. The predicted octanol–water partition coefficient (Wildman–Crippen LogP) is 3.31. The Kier molecular flexibility index (Phi) is 3.14. The number of aliphatic hydroxyl groups excluding tert-OH is 1. The number of benzene rings is 2. The highest BCUT2D eigenvalue weighted by Crippen LogP contribution is 2.57. The van der Waals surface area contributed by atoms with Crippen LogP contribution in [0.2, 0.25) is 0 Å². The molecule has 0 aromatic heterocycles. The highest BCUT2D eigenvalue weighted by Gasteiger charge is 2.52. The molecule has 0 fully saturated rings. The predicted molar refractivity (Wildman–Crippen MR) is 89.0 cm³/mol. The normalized spacial score (nSPS) is 27.9. The highest BCUT2D eigenvalue weighted by molar-refractivity contribution is 5.60. The average molecular weight is 293 g/mol. The van der Waals surface area contributed by atoms with Gasteiger partial charge in [-0.25, -0.2) is 0 Å². The van der Waals surface area contributed by atoms with Gasteiger partial charge in [-0.1, -0.05) is 55.5 Å². The first-order valence-corrected chi connectivity index (χ1v) is 8.32. The first-order chi connectivity index (χ1) is 10.7. The minimum Gasteiger partial charge on any atom is -0.391 e. The topological polar surface area (TPSA) is 46.2 Å². The van der Waals surface area contributed by atoms with Gasteiger partial charge in [-0.05, 0) is 41.5 Å². The van der Waals surface area contributed by atoms with Crippen molar-refractivity contribution >= 4 is 0 Å². The van der Waals surface area contributed by atoms with Crippen molar-refractivity contribution in [1.82, 2.24) is 0 Å². The fourth-order valence-electron chi connectivity index (χ4n) is 4.79. The Hall–Kier alpha value is -1.64. The molecule has 2 unspecified atom stereocenters. The summed E-state index contributed by atoms with van der Waals surface area (Å²) in [5.41, 5.74) is 11.9. The molecular formula is C20H23NO. The van der Waals surface area contributed by atoms with E-state index in [1.807, 2.05) is 6.92 Å². The summed E-state index contributed by atoms with van der Waals surface area (Å²) in [5.74, 6) is 0.486. The van der Waals surface area contributed by atoms with E-state index in [4.69, 9.17) is 5.73 Å². The summed E-state index contributed by atoms with van der Waals surface area (Å²) in [5, 5.41) is 10.5. The number of hydrogen-bond acceptors (Lipinski definition) is 2. The quantitative estimate of drug-likeness (QED) is 0.912. The first-order valence-electron chi connectivity index (χ1n) is 8.32. The lowest BCUT2D eigenvalue weighted by molar-refractivity contribution is 0.0995. The SMILES string of the molecule is CCC(O)C(N)C12CCC(c3ccccc31)c1ccccc12. The third-order valence-corrected chi connectivity index (χ3v) is 5.86. The van der Waals surface area contributed by atoms with Crippen LogP contribution in [0, 0.1) is 0 Å². The van der Waals surface area contributed by atoms with Gasteiger partial charge in [-0.3, -0.25) is 0 Å². The van der Waals surface area contributed by atoms with Gasteiger partial charge in [0.15, 0.2) is 0 Å². The summed E-state index contributed by atoms with van der Waals surface area (Å²) in [4.78, 5) is 0. The van der Waals surface area contributed by atoms with Gasteiger partial charge in [0.2, 0.25) is 0 Å². The van der Waals surface area contributed by atoms with Gasteiger partial charge in [0.05, 0.1) is 6.10 Å². The summed E-state index contributed by atoms with van der Waals surface area (Å²) in [6.45, 7) is 2.01. The lowest BCUT2D eigenvalue weighted by Gasteiger charge is -2.53. The average Bonchev–Trinajstić information content (AvgIpc) is 2.61. The molecule has 22 heavy (non-hydrogen) atoms. The standard InChI is InChI=1S/C20H23NO/c1-2-18(22)19(21)20-12-11-13(14-7-3-5-9-16(14)20)15-8-4-6-10-17(15)20/h3-10,13,18-19,22H,2,11-12,21H2,1H3. The lowest BCUT2D eigenvalue weighted by atomic mass is 9.52. The van der Waals surface area contributed by atoms with Crippen LogP contribution < -0.4 is 5.73 Å². The Morgan fingerprint density at radius 2 is 1.64 bits per heavy atom. The van der Waals surface area contributed by atoms with Crippen molar-refractivity contribution in [3.05, 3.63) is 70.8 Å². The zero-order chi connectivity index (χ0) is 15.3. The third kappa shape index (κ3) is 1.62. The molecule has 2 heteroatoms. The summed E-state index contributed by atoms with van der Waals surface area (Å²) in [6, 6.07) is 17.1. The van der Waals surface area contributed by atoms with Crippen LogP contribution in [0.1, 0.15) is 54.4 Å². The maximum Gasteiger partial charge on any atom is 0.0700 e. The molecule has 2 nitrogen and oxygen atoms in total. The molecule has 0 amide bonds. The molecule has 2 bridgehead atoms. The van der Waals surface area contributed by atoms with Gasteiger partial charge in [0.1, 0.15) is 0 Å². The number of rotatable bonds is 3. The first kappa shape index (κ1) is 14.0. The number of hydrogen-bond donors (Lipinski definition) is 2. The maximum atomic E-state index is 10.5. The molecule has 0 radical (unpaired) electrons. The fourth-order valence-corrected chi connectivity index (χ4v) is 4.79. The second kappa shape index (κ2) is 4.94. The molecule has 2 aromatic carbocycles. The van der Waals surface area contributed by atoms with Crippen LogP contribution in [-0.4, -0.2) is 17.3 Å². The van der Waals surface area contributed by atoms with Gasteiger partial charge in [-0.15, -0.1) is 0 Å². The van der Waals surface area contributed by atoms with Crippen LogP contribution >= 0.6 is 0 Å². The number of aliphatic hydroxyl groups is 1. The van der Waals surface area contributed by atoms with Crippen LogP contribution in [-0.2, 0) is 5.41 Å². The molecule has 0 saturated carbocycles. The van der Waals surface area contributed by atoms with Crippen molar-refractivity contribution in [1.29, 1.82) is 0 Å². The Morgan fingerprint density at radius 3 is 2.18 bits per heavy atom. The van der Waals surface area contributed by atoms with Crippen molar-refractivity contribution < 1.29 is 5.11 Å². The van der Waals surface area contributed by atoms with E-state index in [2.05, 4.69) is 48.5 Å². The van der Waals surface area contributed by atoms with E-state index in [0.717, 1.165) is 12.8 Å². The second-order valence-electron chi connectivity index (χ2n) is 6.74. The third-order valence-electron chi connectivity index (χ3n) is 5.86. The zero-order valence-electron chi connectivity index (χ0n) is 13.0. The maximum absolute atomic E-state index is 10.5. The van der Waals surface area contributed by atoms with Crippen molar-refractivity contribution in [3.8, 4) is 0 Å². The van der Waals surface area contributed by atoms with E-state index < -0.39 is 6.10 Å². The van der Waals surface area contributed by atoms with Gasteiger partial charge < -0.3 is 10.8 Å². The summed E-state index contributed by atoms with van der Waals surface area (Å²) in [7, 11) is 0. The Bertz CT molecular complexity index is 661. The molecule has 3 N–H and O–H groups in total. The molecule has 3 aliphatic carbocycles. The molecule has 2 atom stereocenters. The molecule has 0 heterocycles. The van der Waals surface area contributed by atoms with Crippen molar-refractivity contribution in [2.45, 2.75) is 49.7 Å². The fraction of sp³-hybridized carbons (Fsp3) is 0.400. The van der Waals surface area contributed by atoms with E-state index in [1.54, 1.807) is 0 Å². The summed E-state index contributed by atoms with van der Waals surface area (Å²) >= 11 is 0. The van der Waals surface area contributed by atoms with Crippen LogP contribution in [0.25, 0.3) is 0 Å². The summed E-state index contributed by atoms with van der Waals surface area (Å²) < 4.78 is 0. The van der Waals surface area contributed by atoms with E-state index in [1.165, 1.54) is 22.3 Å². The number of fused-ring (bicyclic) bond motifs is 1. The molecule has 0 saturated heterocycles. The number of nitrogens with two attached hydrogens (primary N) is 1. The monoisotopic (exact) mass is 293 g/mol. The molecular weight excluding hydrogens is 270 g/mol. The minimum atomic E-state index is -0.476. The summed E-state index contributed by atoms with van der Waals surface area (Å²) in [6.07, 6.45) is 2.37. The van der Waals surface area contributed by atoms with Gasteiger partial charge in [0, 0.05) is 17.4 Å². The van der Waals surface area contributed by atoms with Crippen molar-refractivity contribution in [2.75, 3.05) is 0 Å². The molecule has 5 rings (SSSR count). The highest BCUT2D eigenvalue weighted by atomic mass is 16.3. The molecule has 2 aromatic rings. The largest absolute Gasteiger partial charge is 0.391 e. The molecule has 0 spiro atoms. The van der Waals surface area contributed by atoms with Crippen LogP contribution in [0.15, 0.2) is 48.5 Å². The van der Waals surface area contributed by atoms with Crippen LogP contribution in [0.3, 0.4) is 0 Å². The van der Waals surface area contributed by atoms with Crippen LogP contribution in [0.4, 0.5) is 0 Å². The van der Waals surface area contributed by atoms with Crippen LogP contribution in [0.5, 0.6) is 0 Å². The van der Waals surface area contributed by atoms with E-state index in [0.29, 0.717) is 12.3 Å². The molecule has 3 aliphatic rings. The minimum absolute atomic E-state index is 0.239. The van der Waals surface area contributed by atoms with Gasteiger partial charge in [0.25, 0.3) is 0 Å². The van der Waals surface area contributed by atoms with Gasteiger partial charge >= 0.3 is 0 Å². The lowest BCUT2D eigenvalue weighted by Crippen LogP contribution is -2.57. The van der Waals surface area contributed by atoms with E-state index in [9.17, 15) is 5.11 Å². The Morgan fingerprint density at radius 1 is 1.09 bits per heavy atom. The molecule has 114 valence electrons. The van der Waals surface area contributed by atoms with Crippen molar-refractivity contribution in [3.63, 3.8) is 0 Å². The van der Waals surface area contributed by atoms with E-state index >= 15 is 0 Å².